The molecule has 20 nitrogen and oxygen atoms in total. The minimum absolute atomic E-state index is 0.0692. The van der Waals surface area contributed by atoms with Crippen molar-refractivity contribution in [3.05, 3.63) is 84.4 Å². The highest BCUT2D eigenvalue weighted by molar-refractivity contribution is 5.89. The number of amides is 1. The molecule has 2 aromatic rings. The molecule has 0 radical (unpaired) electrons. The number of rotatable bonds is 20. The standard InChI is InChI=1S/C43H53NO19/c1-8-19-55-41-39(61-40(51)30-17-13-10-14-18-30)38(35(50)32(60-41)22-54-21-29-15-11-9-12-16-29)63-43(42(52)53-7)20-31(57-26(4)47)34(44-24(2)45)37(62-43)36(59-28(6)49)33(58-27(5)48)23-56-25(3)46/h8-18,31-39,41,50H,1,19-23H2,2-7H3,(H,44,45)/t31-,32+,33+,34+,35-,36+,37+,38+,39+,41-,43-/m0/s1. The van der Waals surface area contributed by atoms with Crippen LogP contribution in [0.3, 0.4) is 0 Å². The lowest BCUT2D eigenvalue weighted by Gasteiger charge is -2.51. The van der Waals surface area contributed by atoms with Crippen molar-refractivity contribution in [2.75, 3.05) is 26.9 Å². The van der Waals surface area contributed by atoms with Gasteiger partial charge >= 0.3 is 35.8 Å². The number of hydrogen-bond donors (Lipinski definition) is 2. The van der Waals surface area contributed by atoms with Gasteiger partial charge in [0, 0.05) is 34.6 Å². The zero-order valence-electron chi connectivity index (χ0n) is 35.7. The maximum Gasteiger partial charge on any atom is 0.366 e. The fourth-order valence-electron chi connectivity index (χ4n) is 6.96. The average molecular weight is 888 g/mol. The number of hydrogen-bond acceptors (Lipinski definition) is 19. The molecule has 2 N–H and O–H groups in total. The van der Waals surface area contributed by atoms with Crippen molar-refractivity contribution < 1.29 is 90.8 Å². The molecule has 2 aliphatic rings. The molecule has 20 heteroatoms. The number of carbonyl (C=O) groups excluding carboxylic acids is 7. The van der Waals surface area contributed by atoms with E-state index in [0.717, 1.165) is 47.3 Å². The molecular formula is C43H53NO19. The third-order valence-electron chi connectivity index (χ3n) is 9.46. The molecule has 1 amide bonds. The highest BCUT2D eigenvalue weighted by Crippen LogP contribution is 2.41. The zero-order chi connectivity index (χ0) is 46.3. The lowest BCUT2D eigenvalue weighted by Crippen LogP contribution is -2.71. The molecule has 0 spiro atoms. The summed E-state index contributed by atoms with van der Waals surface area (Å²) in [5, 5.41) is 14.8. The fraction of sp³-hybridized carbons (Fsp3) is 0.512. The number of aliphatic hydroxyl groups excluding tert-OH is 1. The normalized spacial score (nSPS) is 26.4. The van der Waals surface area contributed by atoms with Gasteiger partial charge < -0.3 is 62.5 Å². The van der Waals surface area contributed by atoms with Gasteiger partial charge in [0.25, 0.3) is 5.79 Å². The van der Waals surface area contributed by atoms with E-state index in [4.69, 9.17) is 52.1 Å². The number of methoxy groups -OCH3 is 1. The molecule has 2 fully saturated rings. The number of nitrogens with one attached hydrogen (secondary N) is 1. The van der Waals surface area contributed by atoms with E-state index in [-0.39, 0.29) is 25.4 Å². The summed E-state index contributed by atoms with van der Waals surface area (Å²) in [6, 6.07) is 15.3. The van der Waals surface area contributed by atoms with Crippen LogP contribution in [-0.2, 0) is 87.5 Å². The third-order valence-corrected chi connectivity index (χ3v) is 9.46. The van der Waals surface area contributed by atoms with E-state index >= 15 is 0 Å². The first-order valence-corrected chi connectivity index (χ1v) is 19.8. The number of esters is 6. The van der Waals surface area contributed by atoms with Crippen LogP contribution in [0.5, 0.6) is 0 Å². The van der Waals surface area contributed by atoms with E-state index < -0.39 is 122 Å². The summed E-state index contributed by atoms with van der Waals surface area (Å²) in [6.07, 6.45) is -14.8. The maximum absolute atomic E-state index is 14.3. The van der Waals surface area contributed by atoms with Crippen molar-refractivity contribution in [3.63, 3.8) is 0 Å². The Balaban J connectivity index is 1.92. The monoisotopic (exact) mass is 887 g/mol. The van der Waals surface area contributed by atoms with Gasteiger partial charge in [0.15, 0.2) is 24.6 Å². The Morgan fingerprint density at radius 2 is 1.52 bits per heavy atom. The Kier molecular flexibility index (Phi) is 18.7. The molecule has 0 bridgehead atoms. The van der Waals surface area contributed by atoms with E-state index in [1.165, 1.54) is 18.2 Å². The summed E-state index contributed by atoms with van der Waals surface area (Å²) in [7, 11) is 0.960. The molecule has 0 aromatic heterocycles. The van der Waals surface area contributed by atoms with Crippen molar-refractivity contribution in [2.24, 2.45) is 0 Å². The number of benzene rings is 2. The molecule has 2 saturated heterocycles. The first kappa shape index (κ1) is 49.9. The smallest absolute Gasteiger partial charge is 0.366 e. The second-order valence-corrected chi connectivity index (χ2v) is 14.4. The number of carbonyl (C=O) groups is 7. The minimum atomic E-state index is -2.84. The van der Waals surface area contributed by atoms with Crippen molar-refractivity contribution in [3.8, 4) is 0 Å². The van der Waals surface area contributed by atoms with Gasteiger partial charge in [-0.25, -0.2) is 9.59 Å². The van der Waals surface area contributed by atoms with E-state index in [9.17, 15) is 38.7 Å². The molecule has 2 heterocycles. The summed E-state index contributed by atoms with van der Waals surface area (Å²) in [6.45, 7) is 7.71. The van der Waals surface area contributed by atoms with Gasteiger partial charge in [-0.3, -0.25) is 24.0 Å². The largest absolute Gasteiger partial charge is 0.465 e. The number of aliphatic hydroxyl groups is 1. The second-order valence-electron chi connectivity index (χ2n) is 14.4. The molecule has 0 unspecified atom stereocenters. The van der Waals surface area contributed by atoms with Gasteiger partial charge in [-0.15, -0.1) is 6.58 Å². The summed E-state index contributed by atoms with van der Waals surface area (Å²) >= 11 is 0. The van der Waals surface area contributed by atoms with Crippen LogP contribution in [0.15, 0.2) is 73.3 Å². The van der Waals surface area contributed by atoms with Crippen LogP contribution in [0.25, 0.3) is 0 Å². The van der Waals surface area contributed by atoms with Crippen LogP contribution in [0.2, 0.25) is 0 Å². The molecule has 0 aliphatic carbocycles. The topological polar surface area (TPSA) is 253 Å². The average Bonchev–Trinajstić information content (AvgIpc) is 3.23. The first-order valence-electron chi connectivity index (χ1n) is 19.8. The summed E-state index contributed by atoms with van der Waals surface area (Å²) in [5.74, 6) is -9.53. The van der Waals surface area contributed by atoms with Crippen LogP contribution >= 0.6 is 0 Å². The van der Waals surface area contributed by atoms with Crippen LogP contribution in [-0.4, -0.2) is 141 Å². The van der Waals surface area contributed by atoms with Gasteiger partial charge in [-0.2, -0.15) is 0 Å². The van der Waals surface area contributed by atoms with E-state index in [1.54, 1.807) is 30.3 Å². The maximum atomic E-state index is 14.3. The van der Waals surface area contributed by atoms with Gasteiger partial charge in [0.1, 0.15) is 37.1 Å². The summed E-state index contributed by atoms with van der Waals surface area (Å²) in [4.78, 5) is 90.8. The van der Waals surface area contributed by atoms with Gasteiger partial charge in [-0.05, 0) is 17.7 Å². The highest BCUT2D eigenvalue weighted by Gasteiger charge is 2.62. The zero-order valence-corrected chi connectivity index (χ0v) is 35.7. The predicted octanol–water partition coefficient (Wildman–Crippen LogP) is 1.62. The molecule has 2 aromatic carbocycles. The fourth-order valence-corrected chi connectivity index (χ4v) is 6.96. The minimum Gasteiger partial charge on any atom is -0.465 e. The van der Waals surface area contributed by atoms with Gasteiger partial charge in [-0.1, -0.05) is 54.6 Å². The van der Waals surface area contributed by atoms with Crippen LogP contribution < -0.4 is 5.32 Å². The predicted molar refractivity (Wildman–Crippen MR) is 213 cm³/mol. The summed E-state index contributed by atoms with van der Waals surface area (Å²) < 4.78 is 64.1. The Morgan fingerprint density at radius 1 is 0.873 bits per heavy atom. The molecule has 344 valence electrons. The summed E-state index contributed by atoms with van der Waals surface area (Å²) in [5.41, 5.74) is 0.851. The molecule has 11 atom stereocenters. The van der Waals surface area contributed by atoms with E-state index in [0.29, 0.717) is 0 Å². The SMILES string of the molecule is C=CCO[C@H]1O[C@H](COCc2ccccc2)[C@H](O)[C@@H](O[C@]2(C(=O)OC)C[C@H](OC(C)=O)[C@@H](NC(C)=O)[C@H]([C@H](OC(C)=O)[C@@H](COC(C)=O)OC(C)=O)O2)[C@H]1OC(=O)c1ccccc1. The lowest BCUT2D eigenvalue weighted by molar-refractivity contribution is -0.369. The van der Waals surface area contributed by atoms with Crippen molar-refractivity contribution in [1.29, 1.82) is 0 Å². The highest BCUT2D eigenvalue weighted by atomic mass is 16.8. The van der Waals surface area contributed by atoms with Gasteiger partial charge in [0.05, 0.1) is 45.0 Å². The first-order chi connectivity index (χ1) is 30.0. The van der Waals surface area contributed by atoms with Crippen molar-refractivity contribution >= 4 is 41.7 Å². The quantitative estimate of drug-likeness (QED) is 0.109. The second kappa shape index (κ2) is 23.6. The van der Waals surface area contributed by atoms with Crippen LogP contribution in [0, 0.1) is 0 Å². The molecule has 2 aliphatic heterocycles. The molecule has 4 rings (SSSR count). The molecule has 0 saturated carbocycles. The molecular weight excluding hydrogens is 834 g/mol. The van der Waals surface area contributed by atoms with Crippen LogP contribution in [0.1, 0.15) is 57.0 Å². The molecule has 63 heavy (non-hydrogen) atoms. The van der Waals surface area contributed by atoms with E-state index in [2.05, 4.69) is 11.9 Å². The Labute approximate surface area is 363 Å². The third kappa shape index (κ3) is 14.1. The Bertz CT molecular complexity index is 1890. The lowest BCUT2D eigenvalue weighted by atomic mass is 9.87. The Morgan fingerprint density at radius 3 is 2.10 bits per heavy atom. The van der Waals surface area contributed by atoms with E-state index in [1.807, 2.05) is 18.2 Å². The number of ether oxygens (including phenoxy) is 11. The van der Waals surface area contributed by atoms with Gasteiger partial charge in [0.2, 0.25) is 5.91 Å². The Hall–Kier alpha value is -5.77. The van der Waals surface area contributed by atoms with Crippen molar-refractivity contribution in [2.45, 2.75) is 115 Å². The van der Waals surface area contributed by atoms with Crippen LogP contribution in [0.4, 0.5) is 0 Å². The van der Waals surface area contributed by atoms with Crippen molar-refractivity contribution in [1.82, 2.24) is 5.32 Å².